The van der Waals surface area contributed by atoms with Gasteiger partial charge in [0.1, 0.15) is 0 Å². The van der Waals surface area contributed by atoms with Crippen LogP contribution in [-0.2, 0) is 30.4 Å². The van der Waals surface area contributed by atoms with Gasteiger partial charge < -0.3 is 4.74 Å². The Kier molecular flexibility index (Phi) is 4.16. The molecule has 120 valence electrons. The van der Waals surface area contributed by atoms with Crippen molar-refractivity contribution in [3.63, 3.8) is 0 Å². The van der Waals surface area contributed by atoms with E-state index >= 15 is 0 Å². The Balaban J connectivity index is 2.49. The quantitative estimate of drug-likeness (QED) is 0.619. The molecule has 0 unspecified atom stereocenters. The molecule has 2 rings (SSSR count). The van der Waals surface area contributed by atoms with Crippen LogP contribution in [0.15, 0.2) is 36.0 Å². The number of carbonyl (C=O) groups excluding carboxylic acids is 1. The van der Waals surface area contributed by atoms with Crippen LogP contribution in [0.5, 0.6) is 0 Å². The third-order valence-electron chi connectivity index (χ3n) is 2.80. The number of allylic oxidation sites excluding steroid dienone is 1. The molecule has 0 saturated carbocycles. The maximum Gasteiger partial charge on any atom is 0.525 e. The highest BCUT2D eigenvalue weighted by atomic mass is 32.2. The van der Waals surface area contributed by atoms with Crippen molar-refractivity contribution in [1.82, 2.24) is 0 Å². The fourth-order valence-corrected chi connectivity index (χ4v) is 2.23. The summed E-state index contributed by atoms with van der Waals surface area (Å²) in [6.07, 6.45) is 1.44. The molecule has 0 aliphatic carbocycles. The van der Waals surface area contributed by atoms with Crippen LogP contribution < -0.4 is 5.06 Å². The number of ether oxygens (including phenoxy) is 1. The number of halogens is 3. The number of methoxy groups -OCH3 is 1. The van der Waals surface area contributed by atoms with Crippen LogP contribution in [0, 0.1) is 0 Å². The lowest BCUT2D eigenvalue weighted by Gasteiger charge is -2.29. The molecule has 6 nitrogen and oxygen atoms in total. The minimum absolute atomic E-state index is 0.0122. The van der Waals surface area contributed by atoms with Gasteiger partial charge in [0.15, 0.2) is 5.70 Å². The molecule has 0 fully saturated rings. The third-order valence-corrected chi connectivity index (χ3v) is 3.71. The third kappa shape index (κ3) is 2.92. The zero-order valence-corrected chi connectivity index (χ0v) is 11.9. The number of carbonyl (C=O) groups is 1. The Morgan fingerprint density at radius 3 is 2.50 bits per heavy atom. The molecular weight excluding hydrogens is 327 g/mol. The van der Waals surface area contributed by atoms with E-state index in [2.05, 4.69) is 9.02 Å². The summed E-state index contributed by atoms with van der Waals surface area (Å²) in [7, 11) is -4.92. The first-order valence-corrected chi connectivity index (χ1v) is 7.25. The van der Waals surface area contributed by atoms with Crippen molar-refractivity contribution < 1.29 is 35.4 Å². The lowest BCUT2D eigenvalue weighted by molar-refractivity contribution is -0.136. The monoisotopic (exact) mass is 337 g/mol. The second-order valence-electron chi connectivity index (χ2n) is 4.18. The first kappa shape index (κ1) is 16.3. The van der Waals surface area contributed by atoms with Crippen molar-refractivity contribution in [2.24, 2.45) is 0 Å². The number of nitrogens with zero attached hydrogens (tertiary/aromatic N) is 1. The van der Waals surface area contributed by atoms with Crippen LogP contribution in [0.3, 0.4) is 0 Å². The largest absolute Gasteiger partial charge is 0.525 e. The number of hydroxylamine groups is 1. The summed E-state index contributed by atoms with van der Waals surface area (Å²) >= 11 is 0. The van der Waals surface area contributed by atoms with Gasteiger partial charge in [-0.05, 0) is 24.1 Å². The van der Waals surface area contributed by atoms with Crippen molar-refractivity contribution in [1.29, 1.82) is 0 Å². The fourth-order valence-electron chi connectivity index (χ4n) is 1.79. The summed E-state index contributed by atoms with van der Waals surface area (Å²) in [6.45, 7) is 0. The average molecular weight is 337 g/mol. The zero-order chi connectivity index (χ0) is 16.5. The predicted molar refractivity (Wildman–Crippen MR) is 68.8 cm³/mol. The van der Waals surface area contributed by atoms with E-state index in [0.717, 1.165) is 7.11 Å². The predicted octanol–water partition coefficient (Wildman–Crippen LogP) is 1.89. The molecule has 0 spiro atoms. The highest BCUT2D eigenvalue weighted by Crippen LogP contribution is 2.34. The van der Waals surface area contributed by atoms with Gasteiger partial charge in [0.05, 0.1) is 12.8 Å². The van der Waals surface area contributed by atoms with E-state index in [1.54, 1.807) is 12.1 Å². The van der Waals surface area contributed by atoms with Crippen LogP contribution in [-0.4, -0.2) is 27.0 Å². The first-order valence-electron chi connectivity index (χ1n) is 5.85. The lowest BCUT2D eigenvalue weighted by atomic mass is 10.0. The van der Waals surface area contributed by atoms with Crippen molar-refractivity contribution in [2.45, 2.75) is 11.9 Å². The number of fused-ring (bicyclic) bond motifs is 1. The first-order chi connectivity index (χ1) is 10.2. The molecule has 0 radical (unpaired) electrons. The Morgan fingerprint density at radius 2 is 1.91 bits per heavy atom. The Hall–Kier alpha value is -2.07. The van der Waals surface area contributed by atoms with Gasteiger partial charge in [-0.1, -0.05) is 18.2 Å². The molecule has 1 heterocycles. The van der Waals surface area contributed by atoms with Crippen LogP contribution in [0.25, 0.3) is 0 Å². The van der Waals surface area contributed by atoms with E-state index < -0.39 is 27.3 Å². The lowest BCUT2D eigenvalue weighted by Crippen LogP contribution is -2.38. The van der Waals surface area contributed by atoms with Gasteiger partial charge in [0, 0.05) is 0 Å². The molecule has 22 heavy (non-hydrogen) atoms. The maximum atomic E-state index is 12.5. The SMILES string of the molecule is COC(=O)C1=CCc2ccccc2N1OS(=O)(=O)C(F)(F)F. The number of benzene rings is 1. The topological polar surface area (TPSA) is 72.9 Å². The van der Waals surface area contributed by atoms with Gasteiger partial charge in [0.25, 0.3) is 0 Å². The summed E-state index contributed by atoms with van der Waals surface area (Å²) in [5, 5.41) is 0.313. The summed E-state index contributed by atoms with van der Waals surface area (Å²) < 4.78 is 68.5. The molecule has 1 aromatic carbocycles. The van der Waals surface area contributed by atoms with Gasteiger partial charge in [-0.2, -0.15) is 26.7 Å². The van der Waals surface area contributed by atoms with E-state index in [1.807, 2.05) is 0 Å². The molecule has 0 N–H and O–H groups in total. The van der Waals surface area contributed by atoms with Crippen LogP contribution in [0.4, 0.5) is 18.9 Å². The normalized spacial score (nSPS) is 15.1. The van der Waals surface area contributed by atoms with Crippen LogP contribution in [0.1, 0.15) is 5.56 Å². The number of hydrogen-bond acceptors (Lipinski definition) is 6. The molecular formula is C12H10F3NO5S. The molecule has 0 saturated heterocycles. The van der Waals surface area contributed by atoms with Crippen molar-refractivity contribution in [2.75, 3.05) is 12.2 Å². The summed E-state index contributed by atoms with van der Waals surface area (Å²) in [4.78, 5) is 11.6. The van der Waals surface area contributed by atoms with Crippen molar-refractivity contribution in [3.05, 3.63) is 41.6 Å². The Morgan fingerprint density at radius 1 is 1.27 bits per heavy atom. The minimum atomic E-state index is -5.94. The van der Waals surface area contributed by atoms with E-state index in [0.29, 0.717) is 10.6 Å². The Labute approximate surface area is 123 Å². The van der Waals surface area contributed by atoms with Gasteiger partial charge in [-0.25, -0.2) is 4.79 Å². The number of anilines is 1. The smallest absolute Gasteiger partial charge is 0.464 e. The van der Waals surface area contributed by atoms with Crippen molar-refractivity contribution >= 4 is 21.8 Å². The molecule has 0 bridgehead atoms. The molecule has 10 heteroatoms. The standard InChI is InChI=1S/C12H10F3NO5S/c1-20-11(17)10-7-6-8-4-2-3-5-9(8)16(10)21-22(18,19)12(13,14)15/h2-5,7H,6H2,1H3. The van der Waals surface area contributed by atoms with Gasteiger partial charge in [-0.15, -0.1) is 4.28 Å². The molecule has 1 aliphatic rings. The number of para-hydroxylation sites is 1. The number of hydrogen-bond donors (Lipinski definition) is 0. The molecule has 1 aliphatic heterocycles. The Bertz CT molecular complexity index is 727. The zero-order valence-electron chi connectivity index (χ0n) is 11.1. The van der Waals surface area contributed by atoms with Crippen LogP contribution in [0.2, 0.25) is 0 Å². The highest BCUT2D eigenvalue weighted by Gasteiger charge is 2.50. The van der Waals surface area contributed by atoms with Crippen LogP contribution >= 0.6 is 0 Å². The summed E-state index contributed by atoms with van der Waals surface area (Å²) in [5.41, 5.74) is -5.57. The minimum Gasteiger partial charge on any atom is -0.464 e. The van der Waals surface area contributed by atoms with E-state index in [-0.39, 0.29) is 12.1 Å². The molecule has 0 amide bonds. The highest BCUT2D eigenvalue weighted by molar-refractivity contribution is 7.87. The van der Waals surface area contributed by atoms with Gasteiger partial charge in [0.2, 0.25) is 0 Å². The van der Waals surface area contributed by atoms with E-state index in [9.17, 15) is 26.4 Å². The number of esters is 1. The molecule has 0 atom stereocenters. The second-order valence-corrected chi connectivity index (χ2v) is 5.70. The number of alkyl halides is 3. The molecule has 1 aromatic rings. The van der Waals surface area contributed by atoms with E-state index in [1.165, 1.54) is 18.2 Å². The van der Waals surface area contributed by atoms with Gasteiger partial charge >= 0.3 is 21.6 Å². The average Bonchev–Trinajstić information content (AvgIpc) is 2.45. The van der Waals surface area contributed by atoms with Crippen molar-refractivity contribution in [3.8, 4) is 0 Å². The summed E-state index contributed by atoms with van der Waals surface area (Å²) in [5.74, 6) is -1.02. The fraction of sp³-hybridized carbons (Fsp3) is 0.250. The van der Waals surface area contributed by atoms with Gasteiger partial charge in [-0.3, -0.25) is 0 Å². The van der Waals surface area contributed by atoms with E-state index in [4.69, 9.17) is 0 Å². The maximum absolute atomic E-state index is 12.5. The second kappa shape index (κ2) is 5.61. The number of rotatable bonds is 3. The summed E-state index contributed by atoms with van der Waals surface area (Å²) in [6, 6.07) is 5.98. The molecule has 0 aromatic heterocycles.